The second-order valence-corrected chi connectivity index (χ2v) is 7.42. The maximum Gasteiger partial charge on any atom is 0.0700 e. The summed E-state index contributed by atoms with van der Waals surface area (Å²) in [6.07, 6.45) is 13.2. The third-order valence-electron chi connectivity index (χ3n) is 4.01. The molecule has 0 aromatic heterocycles. The van der Waals surface area contributed by atoms with Crippen molar-refractivity contribution in [2.45, 2.75) is 91.9 Å². The molecule has 0 spiro atoms. The minimum Gasteiger partial charge on any atom is -0.379 e. The van der Waals surface area contributed by atoms with Crippen molar-refractivity contribution in [2.24, 2.45) is 11.8 Å². The Morgan fingerprint density at radius 2 is 0.818 bits per heavy atom. The summed E-state index contributed by atoms with van der Waals surface area (Å²) in [6.45, 7) is 12.5. The highest BCUT2D eigenvalue weighted by Gasteiger charge is 1.96. The Hall–Kier alpha value is -0.0800. The van der Waals surface area contributed by atoms with E-state index in [2.05, 4.69) is 27.7 Å². The smallest absolute Gasteiger partial charge is 0.0700 e. The average Bonchev–Trinajstić information content (AvgIpc) is 2.46. The van der Waals surface area contributed by atoms with Gasteiger partial charge in [-0.05, 0) is 24.7 Å². The summed E-state index contributed by atoms with van der Waals surface area (Å²) < 4.78 is 11.2. The molecule has 0 rings (SSSR count). The van der Waals surface area contributed by atoms with E-state index in [0.717, 1.165) is 38.3 Å². The highest BCUT2D eigenvalue weighted by molar-refractivity contribution is 4.49. The van der Waals surface area contributed by atoms with Crippen LogP contribution in [-0.4, -0.2) is 26.4 Å². The lowest BCUT2D eigenvalue weighted by atomic mass is 10.0. The molecule has 2 nitrogen and oxygen atoms in total. The Balaban J connectivity index is 2.97. The van der Waals surface area contributed by atoms with Gasteiger partial charge in [-0.3, -0.25) is 0 Å². The van der Waals surface area contributed by atoms with E-state index in [4.69, 9.17) is 9.47 Å². The van der Waals surface area contributed by atoms with Gasteiger partial charge in [-0.2, -0.15) is 0 Å². The lowest BCUT2D eigenvalue weighted by molar-refractivity contribution is 0.0448. The maximum absolute atomic E-state index is 5.61. The molecular formula is C20H42O2. The van der Waals surface area contributed by atoms with Gasteiger partial charge < -0.3 is 9.47 Å². The molecule has 0 aromatic rings. The van der Waals surface area contributed by atoms with Gasteiger partial charge in [0.05, 0.1) is 13.2 Å². The summed E-state index contributed by atoms with van der Waals surface area (Å²) in [7, 11) is 0. The number of hydrogen-bond donors (Lipinski definition) is 0. The van der Waals surface area contributed by atoms with E-state index < -0.39 is 0 Å². The standard InChI is InChI=1S/C20H42O2/c1-19(2)13-9-5-7-11-15-21-17-18-22-16-12-8-6-10-14-20(3)4/h19-20H,5-18H2,1-4H3. The van der Waals surface area contributed by atoms with Crippen LogP contribution in [0.1, 0.15) is 91.9 Å². The molecular weight excluding hydrogens is 272 g/mol. The van der Waals surface area contributed by atoms with Crippen LogP contribution in [0.4, 0.5) is 0 Å². The molecule has 0 atom stereocenters. The van der Waals surface area contributed by atoms with Gasteiger partial charge in [0.2, 0.25) is 0 Å². The van der Waals surface area contributed by atoms with Crippen LogP contribution in [0.3, 0.4) is 0 Å². The molecule has 0 amide bonds. The van der Waals surface area contributed by atoms with Gasteiger partial charge in [0.25, 0.3) is 0 Å². The van der Waals surface area contributed by atoms with Crippen molar-refractivity contribution in [3.8, 4) is 0 Å². The topological polar surface area (TPSA) is 18.5 Å². The normalized spacial score (nSPS) is 11.7. The van der Waals surface area contributed by atoms with Crippen molar-refractivity contribution in [1.82, 2.24) is 0 Å². The fraction of sp³-hybridized carbons (Fsp3) is 1.00. The van der Waals surface area contributed by atoms with Crippen LogP contribution >= 0.6 is 0 Å². The van der Waals surface area contributed by atoms with Crippen molar-refractivity contribution in [3.05, 3.63) is 0 Å². The van der Waals surface area contributed by atoms with E-state index in [1.165, 1.54) is 64.2 Å². The van der Waals surface area contributed by atoms with Crippen molar-refractivity contribution < 1.29 is 9.47 Å². The maximum atomic E-state index is 5.61. The fourth-order valence-electron chi connectivity index (χ4n) is 2.54. The molecule has 0 radical (unpaired) electrons. The monoisotopic (exact) mass is 314 g/mol. The number of rotatable bonds is 17. The molecule has 0 bridgehead atoms. The summed E-state index contributed by atoms with van der Waals surface area (Å²) in [5.74, 6) is 1.70. The molecule has 0 fully saturated rings. The molecule has 0 saturated heterocycles. The lowest BCUT2D eigenvalue weighted by Crippen LogP contribution is -2.06. The Labute approximate surface area is 140 Å². The molecule has 0 heterocycles. The van der Waals surface area contributed by atoms with Crippen LogP contribution in [0.15, 0.2) is 0 Å². The second-order valence-electron chi connectivity index (χ2n) is 7.42. The Kier molecular flexibility index (Phi) is 17.2. The molecule has 134 valence electrons. The van der Waals surface area contributed by atoms with Crippen LogP contribution in [0.2, 0.25) is 0 Å². The lowest BCUT2D eigenvalue weighted by Gasteiger charge is -2.07. The molecule has 2 heteroatoms. The zero-order valence-corrected chi connectivity index (χ0v) is 15.9. The van der Waals surface area contributed by atoms with Crippen LogP contribution in [0.5, 0.6) is 0 Å². The number of hydrogen-bond acceptors (Lipinski definition) is 2. The van der Waals surface area contributed by atoms with Crippen molar-refractivity contribution >= 4 is 0 Å². The van der Waals surface area contributed by atoms with E-state index in [1.807, 2.05) is 0 Å². The molecule has 22 heavy (non-hydrogen) atoms. The van der Waals surface area contributed by atoms with E-state index in [9.17, 15) is 0 Å². The van der Waals surface area contributed by atoms with Gasteiger partial charge in [-0.1, -0.05) is 79.1 Å². The highest BCUT2D eigenvalue weighted by atomic mass is 16.5. The first kappa shape index (κ1) is 21.9. The minimum atomic E-state index is 0.763. The summed E-state index contributed by atoms with van der Waals surface area (Å²) >= 11 is 0. The summed E-state index contributed by atoms with van der Waals surface area (Å²) in [5.41, 5.74) is 0. The Morgan fingerprint density at radius 3 is 1.18 bits per heavy atom. The first-order chi connectivity index (χ1) is 10.6. The predicted molar refractivity (Wildman–Crippen MR) is 97.5 cm³/mol. The van der Waals surface area contributed by atoms with E-state index in [0.29, 0.717) is 0 Å². The minimum absolute atomic E-state index is 0.763. The van der Waals surface area contributed by atoms with E-state index in [-0.39, 0.29) is 0 Å². The third kappa shape index (κ3) is 19.9. The fourth-order valence-corrected chi connectivity index (χ4v) is 2.54. The van der Waals surface area contributed by atoms with Gasteiger partial charge in [0, 0.05) is 13.2 Å². The predicted octanol–water partition coefficient (Wildman–Crippen LogP) is 6.23. The Morgan fingerprint density at radius 1 is 0.455 bits per heavy atom. The molecule has 0 unspecified atom stereocenters. The number of unbranched alkanes of at least 4 members (excludes halogenated alkanes) is 6. The summed E-state index contributed by atoms with van der Waals surface area (Å²) in [4.78, 5) is 0. The van der Waals surface area contributed by atoms with Crippen LogP contribution in [0.25, 0.3) is 0 Å². The van der Waals surface area contributed by atoms with E-state index >= 15 is 0 Å². The third-order valence-corrected chi connectivity index (χ3v) is 4.01. The van der Waals surface area contributed by atoms with Crippen molar-refractivity contribution in [3.63, 3.8) is 0 Å². The summed E-state index contributed by atoms with van der Waals surface area (Å²) in [6, 6.07) is 0. The molecule has 0 aliphatic heterocycles. The van der Waals surface area contributed by atoms with Gasteiger partial charge in [-0.25, -0.2) is 0 Å². The zero-order chi connectivity index (χ0) is 16.5. The largest absolute Gasteiger partial charge is 0.379 e. The van der Waals surface area contributed by atoms with Crippen LogP contribution in [0, 0.1) is 11.8 Å². The van der Waals surface area contributed by atoms with Gasteiger partial charge >= 0.3 is 0 Å². The number of ether oxygens (including phenoxy) is 2. The molecule has 0 aliphatic rings. The van der Waals surface area contributed by atoms with Crippen molar-refractivity contribution in [1.29, 1.82) is 0 Å². The first-order valence-electron chi connectivity index (χ1n) is 9.78. The van der Waals surface area contributed by atoms with Crippen LogP contribution in [-0.2, 0) is 9.47 Å². The van der Waals surface area contributed by atoms with Gasteiger partial charge in [0.15, 0.2) is 0 Å². The molecule has 0 aromatic carbocycles. The summed E-state index contributed by atoms with van der Waals surface area (Å²) in [5, 5.41) is 0. The molecule has 0 aliphatic carbocycles. The zero-order valence-electron chi connectivity index (χ0n) is 15.9. The van der Waals surface area contributed by atoms with Gasteiger partial charge in [-0.15, -0.1) is 0 Å². The second kappa shape index (κ2) is 17.3. The quantitative estimate of drug-likeness (QED) is 0.296. The molecule has 0 N–H and O–H groups in total. The first-order valence-corrected chi connectivity index (χ1v) is 9.78. The molecule has 0 saturated carbocycles. The SMILES string of the molecule is CC(C)CCCCCCOCCOCCCCCCC(C)C. The Bertz CT molecular complexity index is 180. The average molecular weight is 315 g/mol. The van der Waals surface area contributed by atoms with Crippen LogP contribution < -0.4 is 0 Å². The van der Waals surface area contributed by atoms with Gasteiger partial charge in [0.1, 0.15) is 0 Å². The van der Waals surface area contributed by atoms with E-state index in [1.54, 1.807) is 0 Å². The van der Waals surface area contributed by atoms with Crippen molar-refractivity contribution in [2.75, 3.05) is 26.4 Å². The highest BCUT2D eigenvalue weighted by Crippen LogP contribution is 2.10.